The average Bonchev–Trinajstić information content (AvgIpc) is 2.24. The second kappa shape index (κ2) is 9.60. The molecule has 0 spiro atoms. The molecular formula is C12H25NO3. The van der Waals surface area contributed by atoms with Gasteiger partial charge < -0.3 is 15.6 Å². The van der Waals surface area contributed by atoms with Crippen LogP contribution in [0.3, 0.4) is 0 Å². The van der Waals surface area contributed by atoms with E-state index in [2.05, 4.69) is 6.92 Å². The summed E-state index contributed by atoms with van der Waals surface area (Å²) in [5, 5.41) is 9.16. The van der Waals surface area contributed by atoms with E-state index in [1.807, 2.05) is 0 Å². The van der Waals surface area contributed by atoms with Crippen LogP contribution in [0.2, 0.25) is 0 Å². The van der Waals surface area contributed by atoms with Crippen molar-refractivity contribution in [2.45, 2.75) is 64.5 Å². The lowest BCUT2D eigenvalue weighted by atomic mass is 10.1. The standard InChI is InChI=1S/C12H25NO3/c1-3-4-9-16-12(15)8-6-5-7-11(13)10(2)14/h10-11,14H,3-9,13H2,1-2H3/t10-,11+/m1/s1. The minimum absolute atomic E-state index is 0.126. The highest BCUT2D eigenvalue weighted by molar-refractivity contribution is 5.69. The van der Waals surface area contributed by atoms with Gasteiger partial charge in [0.25, 0.3) is 0 Å². The number of esters is 1. The molecule has 0 rings (SSSR count). The van der Waals surface area contributed by atoms with Gasteiger partial charge in [-0.2, -0.15) is 0 Å². The highest BCUT2D eigenvalue weighted by atomic mass is 16.5. The van der Waals surface area contributed by atoms with Crippen LogP contribution >= 0.6 is 0 Å². The summed E-state index contributed by atoms with van der Waals surface area (Å²) in [6.07, 6.45) is 4.34. The smallest absolute Gasteiger partial charge is 0.305 e. The Morgan fingerprint density at radius 3 is 2.62 bits per heavy atom. The lowest BCUT2D eigenvalue weighted by molar-refractivity contribution is -0.143. The van der Waals surface area contributed by atoms with Crippen molar-refractivity contribution in [1.29, 1.82) is 0 Å². The van der Waals surface area contributed by atoms with E-state index in [4.69, 9.17) is 15.6 Å². The van der Waals surface area contributed by atoms with Crippen molar-refractivity contribution in [3.8, 4) is 0 Å². The lowest BCUT2D eigenvalue weighted by Gasteiger charge is -2.13. The maximum atomic E-state index is 11.2. The SMILES string of the molecule is CCCCOC(=O)CCCC[C@H](N)[C@@H](C)O. The lowest BCUT2D eigenvalue weighted by Crippen LogP contribution is -2.32. The van der Waals surface area contributed by atoms with E-state index in [-0.39, 0.29) is 12.0 Å². The van der Waals surface area contributed by atoms with E-state index in [0.29, 0.717) is 13.0 Å². The van der Waals surface area contributed by atoms with Crippen molar-refractivity contribution in [2.75, 3.05) is 6.61 Å². The zero-order chi connectivity index (χ0) is 12.4. The second-order valence-electron chi connectivity index (χ2n) is 4.22. The maximum Gasteiger partial charge on any atom is 0.305 e. The van der Waals surface area contributed by atoms with Gasteiger partial charge in [-0.1, -0.05) is 19.8 Å². The Morgan fingerprint density at radius 1 is 1.38 bits per heavy atom. The first-order valence-corrected chi connectivity index (χ1v) is 6.17. The first-order valence-electron chi connectivity index (χ1n) is 6.17. The number of hydrogen-bond acceptors (Lipinski definition) is 4. The summed E-state index contributed by atoms with van der Waals surface area (Å²) in [4.78, 5) is 11.2. The summed E-state index contributed by atoms with van der Waals surface area (Å²) in [5.74, 6) is -0.126. The first-order chi connectivity index (χ1) is 7.57. The number of aliphatic hydroxyl groups excluding tert-OH is 1. The van der Waals surface area contributed by atoms with Crippen molar-refractivity contribution < 1.29 is 14.6 Å². The molecule has 0 radical (unpaired) electrons. The predicted molar refractivity (Wildman–Crippen MR) is 64.0 cm³/mol. The quantitative estimate of drug-likeness (QED) is 0.467. The van der Waals surface area contributed by atoms with Gasteiger partial charge in [-0.3, -0.25) is 4.79 Å². The molecule has 16 heavy (non-hydrogen) atoms. The molecule has 0 heterocycles. The van der Waals surface area contributed by atoms with Crippen LogP contribution in [0.5, 0.6) is 0 Å². The van der Waals surface area contributed by atoms with Crippen molar-refractivity contribution in [1.82, 2.24) is 0 Å². The van der Waals surface area contributed by atoms with Crippen LogP contribution in [0.15, 0.2) is 0 Å². The van der Waals surface area contributed by atoms with Crippen LogP contribution < -0.4 is 5.73 Å². The molecule has 0 aromatic rings. The third-order valence-electron chi connectivity index (χ3n) is 2.55. The molecule has 0 aromatic carbocycles. The highest BCUT2D eigenvalue weighted by Gasteiger charge is 2.09. The van der Waals surface area contributed by atoms with Gasteiger partial charge in [0, 0.05) is 12.5 Å². The topological polar surface area (TPSA) is 72.5 Å². The number of ether oxygens (including phenoxy) is 1. The maximum absolute atomic E-state index is 11.2. The van der Waals surface area contributed by atoms with E-state index in [9.17, 15) is 4.79 Å². The highest BCUT2D eigenvalue weighted by Crippen LogP contribution is 2.06. The normalized spacial score (nSPS) is 14.5. The van der Waals surface area contributed by atoms with Gasteiger partial charge in [0.05, 0.1) is 12.7 Å². The van der Waals surface area contributed by atoms with Crippen LogP contribution in [0, 0.1) is 0 Å². The van der Waals surface area contributed by atoms with E-state index >= 15 is 0 Å². The summed E-state index contributed by atoms with van der Waals surface area (Å²) in [6.45, 7) is 4.28. The van der Waals surface area contributed by atoms with E-state index in [0.717, 1.165) is 32.1 Å². The Labute approximate surface area is 98.2 Å². The van der Waals surface area contributed by atoms with Crippen molar-refractivity contribution in [3.05, 3.63) is 0 Å². The molecule has 0 aromatic heterocycles. The second-order valence-corrected chi connectivity index (χ2v) is 4.22. The Bertz CT molecular complexity index is 183. The minimum Gasteiger partial charge on any atom is -0.466 e. The summed E-state index contributed by atoms with van der Waals surface area (Å²) in [5.41, 5.74) is 5.67. The number of hydrogen-bond donors (Lipinski definition) is 2. The Balaban J connectivity index is 3.34. The molecule has 0 aliphatic rings. The largest absolute Gasteiger partial charge is 0.466 e. The van der Waals surface area contributed by atoms with Crippen LogP contribution in [-0.4, -0.2) is 29.8 Å². The third kappa shape index (κ3) is 8.68. The van der Waals surface area contributed by atoms with Crippen LogP contribution in [-0.2, 0) is 9.53 Å². The molecule has 0 aliphatic carbocycles. The number of aliphatic hydroxyl groups is 1. The number of nitrogens with two attached hydrogens (primary N) is 1. The molecule has 0 saturated heterocycles. The van der Waals surface area contributed by atoms with Crippen molar-refractivity contribution in [3.63, 3.8) is 0 Å². The zero-order valence-electron chi connectivity index (χ0n) is 10.4. The fourth-order valence-electron chi connectivity index (χ4n) is 1.29. The first kappa shape index (κ1) is 15.4. The fourth-order valence-corrected chi connectivity index (χ4v) is 1.29. The van der Waals surface area contributed by atoms with Gasteiger partial charge >= 0.3 is 5.97 Å². The van der Waals surface area contributed by atoms with Crippen LogP contribution in [0.25, 0.3) is 0 Å². The molecule has 4 heteroatoms. The molecule has 0 bridgehead atoms. The predicted octanol–water partition coefficient (Wildman–Crippen LogP) is 1.60. The fraction of sp³-hybridized carbons (Fsp3) is 0.917. The molecule has 0 aliphatic heterocycles. The number of carbonyl (C=O) groups is 1. The summed E-state index contributed by atoms with van der Waals surface area (Å²) < 4.78 is 5.02. The van der Waals surface area contributed by atoms with Gasteiger partial charge in [-0.05, 0) is 26.2 Å². The van der Waals surface area contributed by atoms with Crippen molar-refractivity contribution >= 4 is 5.97 Å². The molecule has 3 N–H and O–H groups in total. The summed E-state index contributed by atoms with van der Waals surface area (Å²) in [6, 6.07) is -0.184. The zero-order valence-corrected chi connectivity index (χ0v) is 10.4. The van der Waals surface area contributed by atoms with Crippen molar-refractivity contribution in [2.24, 2.45) is 5.73 Å². The van der Waals surface area contributed by atoms with E-state index < -0.39 is 6.10 Å². The van der Waals surface area contributed by atoms with Gasteiger partial charge in [-0.25, -0.2) is 0 Å². The Kier molecular flexibility index (Phi) is 9.24. The minimum atomic E-state index is -0.475. The van der Waals surface area contributed by atoms with E-state index in [1.165, 1.54) is 0 Å². The molecular weight excluding hydrogens is 206 g/mol. The molecule has 0 fully saturated rings. The Morgan fingerprint density at radius 2 is 2.06 bits per heavy atom. The number of carbonyl (C=O) groups excluding carboxylic acids is 1. The number of rotatable bonds is 9. The Hall–Kier alpha value is -0.610. The van der Waals surface area contributed by atoms with Gasteiger partial charge in [0.15, 0.2) is 0 Å². The van der Waals surface area contributed by atoms with Gasteiger partial charge in [0.2, 0.25) is 0 Å². The van der Waals surface area contributed by atoms with Crippen LogP contribution in [0.1, 0.15) is 52.4 Å². The third-order valence-corrected chi connectivity index (χ3v) is 2.55. The van der Waals surface area contributed by atoms with Gasteiger partial charge in [-0.15, -0.1) is 0 Å². The van der Waals surface area contributed by atoms with E-state index in [1.54, 1.807) is 6.92 Å². The average molecular weight is 231 g/mol. The molecule has 0 unspecified atom stereocenters. The summed E-state index contributed by atoms with van der Waals surface area (Å²) >= 11 is 0. The van der Waals surface area contributed by atoms with Crippen LogP contribution in [0.4, 0.5) is 0 Å². The molecule has 2 atom stereocenters. The molecule has 0 amide bonds. The molecule has 0 saturated carbocycles. The molecule has 4 nitrogen and oxygen atoms in total. The van der Waals surface area contributed by atoms with Gasteiger partial charge in [0.1, 0.15) is 0 Å². The number of unbranched alkanes of at least 4 members (excludes halogenated alkanes) is 2. The summed E-state index contributed by atoms with van der Waals surface area (Å²) in [7, 11) is 0. The monoisotopic (exact) mass is 231 g/mol. The molecule has 96 valence electrons.